The topological polar surface area (TPSA) is 125 Å². The zero-order chi connectivity index (χ0) is 17.0. The van der Waals surface area contributed by atoms with Gasteiger partial charge in [-0.2, -0.15) is 0 Å². The number of esters is 4. The van der Waals surface area contributed by atoms with Crippen molar-refractivity contribution in [1.82, 2.24) is 0 Å². The molecule has 0 atom stereocenters. The molecule has 9 heteroatoms. The molecule has 0 radical (unpaired) electrons. The third-order valence-corrected chi connectivity index (χ3v) is 1.95. The smallest absolute Gasteiger partial charge is 0.331 e. The van der Waals surface area contributed by atoms with Crippen molar-refractivity contribution in [3.8, 4) is 0 Å². The number of methoxy groups -OCH3 is 2. The predicted octanol–water partition coefficient (Wildman–Crippen LogP) is -1.11. The number of aliphatic hydroxyl groups excluding tert-OH is 1. The summed E-state index contributed by atoms with van der Waals surface area (Å²) in [5.74, 6) is -3.21. The van der Waals surface area contributed by atoms with E-state index >= 15 is 0 Å². The van der Waals surface area contributed by atoms with Crippen LogP contribution in [0, 0.1) is 0 Å². The van der Waals surface area contributed by atoms with Crippen LogP contribution in [0.2, 0.25) is 0 Å². The van der Waals surface area contributed by atoms with E-state index in [1.54, 1.807) is 0 Å². The molecule has 22 heavy (non-hydrogen) atoms. The zero-order valence-corrected chi connectivity index (χ0v) is 12.0. The summed E-state index contributed by atoms with van der Waals surface area (Å²) in [6, 6.07) is 0. The second kappa shape index (κ2) is 11.0. The summed E-state index contributed by atoms with van der Waals surface area (Å²) in [6.45, 7) is -0.892. The number of ether oxygens (including phenoxy) is 4. The van der Waals surface area contributed by atoms with Gasteiger partial charge in [0.1, 0.15) is 19.3 Å². The maximum Gasteiger partial charge on any atom is 0.331 e. The lowest BCUT2D eigenvalue weighted by Gasteiger charge is -2.10. The number of hydrogen-bond acceptors (Lipinski definition) is 9. The summed E-state index contributed by atoms with van der Waals surface area (Å²) in [5, 5.41) is 9.41. The molecule has 9 nitrogen and oxygen atoms in total. The van der Waals surface area contributed by atoms with E-state index in [0.29, 0.717) is 0 Å². The Morgan fingerprint density at radius 1 is 0.773 bits per heavy atom. The Kier molecular flexibility index (Phi) is 9.69. The molecule has 0 saturated carbocycles. The van der Waals surface area contributed by atoms with Crippen LogP contribution >= 0.6 is 0 Å². The van der Waals surface area contributed by atoms with Crippen LogP contribution in [0.1, 0.15) is 0 Å². The molecular formula is C13H16O9. The van der Waals surface area contributed by atoms with E-state index in [1.807, 2.05) is 0 Å². The molecule has 0 aromatic heterocycles. The lowest BCUT2D eigenvalue weighted by atomic mass is 10.4. The average Bonchev–Trinajstić information content (AvgIpc) is 2.53. The highest BCUT2D eigenvalue weighted by atomic mass is 16.6. The summed E-state index contributed by atoms with van der Waals surface area (Å²) >= 11 is 0. The molecule has 0 aliphatic carbocycles. The van der Waals surface area contributed by atoms with Crippen molar-refractivity contribution in [2.75, 3.05) is 27.4 Å². The Bertz CT molecular complexity index is 422. The van der Waals surface area contributed by atoms with Crippen molar-refractivity contribution >= 4 is 23.9 Å². The number of carbonyl (C=O) groups is 4. The van der Waals surface area contributed by atoms with Crippen LogP contribution in [0.3, 0.4) is 0 Å². The van der Waals surface area contributed by atoms with Gasteiger partial charge < -0.3 is 24.1 Å². The first-order chi connectivity index (χ1) is 10.4. The van der Waals surface area contributed by atoms with Gasteiger partial charge in [0.05, 0.1) is 14.2 Å². The number of aliphatic hydroxyl groups is 1. The molecule has 122 valence electrons. The van der Waals surface area contributed by atoms with E-state index in [0.717, 1.165) is 38.5 Å². The van der Waals surface area contributed by atoms with Gasteiger partial charge in [-0.3, -0.25) is 0 Å². The Balaban J connectivity index is 3.97. The minimum Gasteiger partial charge on any atom is -0.466 e. The fourth-order valence-electron chi connectivity index (χ4n) is 0.909. The molecule has 0 spiro atoms. The molecule has 0 rings (SSSR count). The highest BCUT2D eigenvalue weighted by molar-refractivity contribution is 5.92. The summed E-state index contributed by atoms with van der Waals surface area (Å²) in [4.78, 5) is 43.6. The van der Waals surface area contributed by atoms with Crippen LogP contribution in [-0.4, -0.2) is 62.5 Å². The average molecular weight is 316 g/mol. The standard InChI is InChI=1S/C13H16O9/c1-19-10(15)3-5-12(17)21-7-9(14)8-22-13(18)6-4-11(16)20-2/h3-6,9,14H,7-8H2,1-2H3. The van der Waals surface area contributed by atoms with Gasteiger partial charge in [-0.15, -0.1) is 0 Å². The Hall–Kier alpha value is -2.68. The quantitative estimate of drug-likeness (QED) is 0.337. The van der Waals surface area contributed by atoms with Crippen LogP contribution < -0.4 is 0 Å². The summed E-state index contributed by atoms with van der Waals surface area (Å²) in [5.41, 5.74) is 0. The van der Waals surface area contributed by atoms with Crippen LogP contribution in [0.15, 0.2) is 24.3 Å². The second-order valence-corrected chi connectivity index (χ2v) is 3.63. The number of hydrogen-bond donors (Lipinski definition) is 1. The molecule has 1 N–H and O–H groups in total. The summed E-state index contributed by atoms with van der Waals surface area (Å²) < 4.78 is 17.7. The van der Waals surface area contributed by atoms with Gasteiger partial charge in [-0.25, -0.2) is 19.2 Å². The first-order valence-corrected chi connectivity index (χ1v) is 5.92. The highest BCUT2D eigenvalue weighted by Gasteiger charge is 2.10. The molecule has 0 aliphatic rings. The van der Waals surface area contributed by atoms with Crippen molar-refractivity contribution in [2.24, 2.45) is 0 Å². The second-order valence-electron chi connectivity index (χ2n) is 3.63. The molecule has 0 aromatic rings. The van der Waals surface area contributed by atoms with Crippen molar-refractivity contribution in [3.63, 3.8) is 0 Å². The Labute approximate surface area is 126 Å². The number of rotatable bonds is 8. The van der Waals surface area contributed by atoms with Gasteiger partial charge in [0.25, 0.3) is 0 Å². The molecule has 0 bridgehead atoms. The van der Waals surface area contributed by atoms with Crippen molar-refractivity contribution in [3.05, 3.63) is 24.3 Å². The molecule has 0 amide bonds. The van der Waals surface area contributed by atoms with Gasteiger partial charge >= 0.3 is 23.9 Å². The van der Waals surface area contributed by atoms with E-state index in [1.165, 1.54) is 0 Å². The molecule has 0 fully saturated rings. The fraction of sp³-hybridized carbons (Fsp3) is 0.385. The normalized spacial score (nSPS) is 12.0. The molecule has 0 heterocycles. The third kappa shape index (κ3) is 10.1. The van der Waals surface area contributed by atoms with Crippen LogP contribution in [0.5, 0.6) is 0 Å². The lowest BCUT2D eigenvalue weighted by Crippen LogP contribution is -2.24. The van der Waals surface area contributed by atoms with Gasteiger partial charge in [-0.05, 0) is 0 Å². The fourth-order valence-corrected chi connectivity index (χ4v) is 0.909. The zero-order valence-electron chi connectivity index (χ0n) is 12.0. The first-order valence-electron chi connectivity index (χ1n) is 5.92. The van der Waals surface area contributed by atoms with E-state index in [9.17, 15) is 24.3 Å². The Morgan fingerprint density at radius 3 is 1.41 bits per heavy atom. The predicted molar refractivity (Wildman–Crippen MR) is 70.2 cm³/mol. The highest BCUT2D eigenvalue weighted by Crippen LogP contribution is 1.92. The molecular weight excluding hydrogens is 300 g/mol. The maximum absolute atomic E-state index is 11.1. The molecule has 0 unspecified atom stereocenters. The summed E-state index contributed by atoms with van der Waals surface area (Å²) in [7, 11) is 2.29. The van der Waals surface area contributed by atoms with E-state index in [2.05, 4.69) is 18.9 Å². The first kappa shape index (κ1) is 19.3. The van der Waals surface area contributed by atoms with Gasteiger partial charge in [0.15, 0.2) is 0 Å². The maximum atomic E-state index is 11.1. The van der Waals surface area contributed by atoms with Crippen molar-refractivity contribution in [1.29, 1.82) is 0 Å². The SMILES string of the molecule is COC(=O)C=CC(=O)OCC(O)COC(=O)C=CC(=O)OC. The van der Waals surface area contributed by atoms with E-state index < -0.39 is 43.2 Å². The number of carbonyl (C=O) groups excluding carboxylic acids is 4. The summed E-state index contributed by atoms with van der Waals surface area (Å²) in [6.07, 6.45) is 2.09. The van der Waals surface area contributed by atoms with Crippen molar-refractivity contribution < 1.29 is 43.2 Å². The van der Waals surface area contributed by atoms with Crippen LogP contribution in [-0.2, 0) is 38.1 Å². The molecule has 0 aromatic carbocycles. The largest absolute Gasteiger partial charge is 0.466 e. The monoisotopic (exact) mass is 316 g/mol. The Morgan fingerprint density at radius 2 is 1.09 bits per heavy atom. The van der Waals surface area contributed by atoms with Gasteiger partial charge in [-0.1, -0.05) is 0 Å². The van der Waals surface area contributed by atoms with E-state index in [-0.39, 0.29) is 0 Å². The van der Waals surface area contributed by atoms with Crippen LogP contribution in [0.25, 0.3) is 0 Å². The third-order valence-electron chi connectivity index (χ3n) is 1.95. The van der Waals surface area contributed by atoms with Gasteiger partial charge in [0.2, 0.25) is 0 Å². The molecule has 0 saturated heterocycles. The minimum absolute atomic E-state index is 0.446. The van der Waals surface area contributed by atoms with Gasteiger partial charge in [0, 0.05) is 24.3 Å². The minimum atomic E-state index is -1.26. The molecule has 0 aliphatic heterocycles. The lowest BCUT2D eigenvalue weighted by molar-refractivity contribution is -0.147. The van der Waals surface area contributed by atoms with E-state index in [4.69, 9.17) is 0 Å². The van der Waals surface area contributed by atoms with Crippen LogP contribution in [0.4, 0.5) is 0 Å². The van der Waals surface area contributed by atoms with Crippen molar-refractivity contribution in [2.45, 2.75) is 6.10 Å².